The molecule has 2 aromatic carbocycles. The average molecular weight is 420 g/mol. The minimum absolute atomic E-state index is 0.0810. The zero-order valence-corrected chi connectivity index (χ0v) is 18.2. The molecular weight excluding hydrogens is 386 g/mol. The second kappa shape index (κ2) is 9.11. The fourth-order valence-electron chi connectivity index (χ4n) is 5.66. The maximum absolute atomic E-state index is 12.9. The number of amides is 1. The Hall–Kier alpha value is -2.21. The average Bonchev–Trinajstić information content (AvgIpc) is 3.17. The predicted octanol–water partition coefficient (Wildman–Crippen LogP) is 3.31. The summed E-state index contributed by atoms with van der Waals surface area (Å²) in [5.41, 5.74) is 4.66. The van der Waals surface area contributed by atoms with Crippen LogP contribution >= 0.6 is 0 Å². The molecule has 0 aliphatic carbocycles. The first-order valence-electron chi connectivity index (χ1n) is 11.8. The molecule has 2 saturated heterocycles. The molecule has 0 saturated carbocycles. The molecule has 0 spiro atoms. The molecule has 3 aliphatic rings. The molecule has 2 N–H and O–H groups in total. The van der Waals surface area contributed by atoms with Crippen LogP contribution in [0.15, 0.2) is 48.5 Å². The molecule has 3 heterocycles. The summed E-state index contributed by atoms with van der Waals surface area (Å²) in [7, 11) is 0. The van der Waals surface area contributed by atoms with Crippen LogP contribution in [0.4, 0.5) is 0 Å². The molecule has 5 rings (SSSR count). The van der Waals surface area contributed by atoms with Crippen molar-refractivity contribution in [2.75, 3.05) is 32.8 Å². The first-order valence-corrected chi connectivity index (χ1v) is 11.8. The highest BCUT2D eigenvalue weighted by atomic mass is 16.3. The Balaban J connectivity index is 1.25. The fraction of sp³-hybridized carbons (Fsp3) is 0.500. The molecule has 31 heavy (non-hydrogen) atoms. The van der Waals surface area contributed by atoms with Crippen molar-refractivity contribution >= 4 is 5.91 Å². The summed E-state index contributed by atoms with van der Waals surface area (Å²) in [6.45, 7) is 4.87. The highest BCUT2D eigenvalue weighted by Crippen LogP contribution is 2.35. The Labute approximate surface area is 185 Å². The number of fused-ring (bicyclic) bond motifs is 1. The van der Waals surface area contributed by atoms with Crippen LogP contribution in [-0.2, 0) is 6.54 Å². The number of likely N-dealkylation sites (tertiary alicyclic amines) is 1. The van der Waals surface area contributed by atoms with E-state index in [-0.39, 0.29) is 18.6 Å². The molecule has 5 heteroatoms. The van der Waals surface area contributed by atoms with Crippen LogP contribution in [-0.4, -0.2) is 59.6 Å². The molecule has 2 atom stereocenters. The number of hydrogen-bond acceptors (Lipinski definition) is 4. The predicted molar refractivity (Wildman–Crippen MR) is 122 cm³/mol. The monoisotopic (exact) mass is 419 g/mol. The third-order valence-corrected chi connectivity index (χ3v) is 7.47. The van der Waals surface area contributed by atoms with E-state index in [4.69, 9.17) is 0 Å². The molecule has 0 bridgehead atoms. The van der Waals surface area contributed by atoms with Gasteiger partial charge < -0.3 is 15.3 Å². The van der Waals surface area contributed by atoms with Crippen molar-refractivity contribution in [1.82, 2.24) is 15.1 Å². The zero-order chi connectivity index (χ0) is 21.2. The van der Waals surface area contributed by atoms with Gasteiger partial charge in [-0.25, -0.2) is 0 Å². The third-order valence-electron chi connectivity index (χ3n) is 7.47. The van der Waals surface area contributed by atoms with Gasteiger partial charge in [0.25, 0.3) is 5.91 Å². The van der Waals surface area contributed by atoms with Crippen molar-refractivity contribution in [3.05, 3.63) is 70.8 Å². The largest absolute Gasteiger partial charge is 0.394 e. The number of carbonyl (C=O) groups is 1. The number of nitrogens with one attached hydrogen (secondary N) is 1. The summed E-state index contributed by atoms with van der Waals surface area (Å²) in [6.07, 6.45) is 4.43. The lowest BCUT2D eigenvalue weighted by molar-refractivity contribution is 0.0674. The Kier molecular flexibility index (Phi) is 6.08. The SMILES string of the molecule is O=C1c2ccc(C3CCN([C@H](CO)c4ccccc4)CC3)cc2CN1C1CCCNC1. The first kappa shape index (κ1) is 20.7. The Morgan fingerprint density at radius 1 is 1.06 bits per heavy atom. The molecule has 0 aromatic heterocycles. The van der Waals surface area contributed by atoms with Gasteiger partial charge in [-0.3, -0.25) is 9.69 Å². The summed E-state index contributed by atoms with van der Waals surface area (Å²) in [5.74, 6) is 0.732. The molecule has 1 unspecified atom stereocenters. The highest BCUT2D eigenvalue weighted by Gasteiger charge is 2.34. The van der Waals surface area contributed by atoms with Crippen molar-refractivity contribution in [2.24, 2.45) is 0 Å². The Bertz CT molecular complexity index is 902. The van der Waals surface area contributed by atoms with E-state index in [1.807, 2.05) is 18.2 Å². The lowest BCUT2D eigenvalue weighted by Crippen LogP contribution is -2.46. The number of piperidine rings is 2. The maximum atomic E-state index is 12.9. The Morgan fingerprint density at radius 2 is 1.87 bits per heavy atom. The number of carbonyl (C=O) groups excluding carboxylic acids is 1. The van der Waals surface area contributed by atoms with Crippen LogP contribution < -0.4 is 5.32 Å². The minimum atomic E-state index is 0.0810. The smallest absolute Gasteiger partial charge is 0.254 e. The molecular formula is C26H33N3O2. The van der Waals surface area contributed by atoms with Crippen molar-refractivity contribution in [1.29, 1.82) is 0 Å². The standard InChI is InChI=1S/C26H33N3O2/c30-18-25(20-5-2-1-3-6-20)28-13-10-19(11-14-28)21-8-9-24-22(15-21)17-29(26(24)31)23-7-4-12-27-16-23/h1-3,5-6,8-9,15,19,23,25,27,30H,4,7,10-14,16-18H2/t23?,25-/m1/s1. The molecule has 164 valence electrons. The van der Waals surface area contributed by atoms with Crippen LogP contribution in [0.1, 0.15) is 64.7 Å². The van der Waals surface area contributed by atoms with Crippen LogP contribution in [0.5, 0.6) is 0 Å². The van der Waals surface area contributed by atoms with Crippen molar-refractivity contribution in [3.8, 4) is 0 Å². The van der Waals surface area contributed by atoms with Crippen molar-refractivity contribution < 1.29 is 9.90 Å². The van der Waals surface area contributed by atoms with E-state index in [9.17, 15) is 9.90 Å². The molecule has 0 radical (unpaired) electrons. The van der Waals surface area contributed by atoms with Crippen LogP contribution in [0.25, 0.3) is 0 Å². The van der Waals surface area contributed by atoms with E-state index in [2.05, 4.69) is 45.4 Å². The van der Waals surface area contributed by atoms with Crippen LogP contribution in [0.2, 0.25) is 0 Å². The maximum Gasteiger partial charge on any atom is 0.254 e. The quantitative estimate of drug-likeness (QED) is 0.781. The van der Waals surface area contributed by atoms with Crippen molar-refractivity contribution in [2.45, 2.75) is 50.2 Å². The number of benzene rings is 2. The number of rotatable bonds is 5. The van der Waals surface area contributed by atoms with Gasteiger partial charge in [0.05, 0.1) is 12.6 Å². The van der Waals surface area contributed by atoms with Gasteiger partial charge >= 0.3 is 0 Å². The van der Waals surface area contributed by atoms with Crippen molar-refractivity contribution in [3.63, 3.8) is 0 Å². The molecule has 1 amide bonds. The third kappa shape index (κ3) is 4.14. The van der Waals surface area contributed by atoms with E-state index in [1.54, 1.807) is 0 Å². The van der Waals surface area contributed by atoms with E-state index in [0.717, 1.165) is 64.0 Å². The topological polar surface area (TPSA) is 55.8 Å². The second-order valence-corrected chi connectivity index (χ2v) is 9.27. The second-order valence-electron chi connectivity index (χ2n) is 9.27. The summed E-state index contributed by atoms with van der Waals surface area (Å²) >= 11 is 0. The van der Waals surface area contributed by atoms with Gasteiger partial charge in [-0.1, -0.05) is 42.5 Å². The Morgan fingerprint density at radius 3 is 2.58 bits per heavy atom. The lowest BCUT2D eigenvalue weighted by Gasteiger charge is -2.37. The van der Waals surface area contributed by atoms with E-state index in [1.165, 1.54) is 16.7 Å². The molecule has 2 aromatic rings. The van der Waals surface area contributed by atoms with Gasteiger partial charge in [0.2, 0.25) is 0 Å². The van der Waals surface area contributed by atoms with Crippen LogP contribution in [0.3, 0.4) is 0 Å². The minimum Gasteiger partial charge on any atom is -0.394 e. The van der Waals surface area contributed by atoms with Crippen LogP contribution in [0, 0.1) is 0 Å². The number of hydrogen-bond donors (Lipinski definition) is 2. The molecule has 2 fully saturated rings. The highest BCUT2D eigenvalue weighted by molar-refractivity contribution is 5.98. The lowest BCUT2D eigenvalue weighted by atomic mass is 9.87. The summed E-state index contributed by atoms with van der Waals surface area (Å²) in [6, 6.07) is 17.3. The van der Waals surface area contributed by atoms with E-state index >= 15 is 0 Å². The summed E-state index contributed by atoms with van der Waals surface area (Å²) < 4.78 is 0. The molecule has 3 aliphatic heterocycles. The van der Waals surface area contributed by atoms with E-state index < -0.39 is 0 Å². The van der Waals surface area contributed by atoms with Gasteiger partial charge in [-0.05, 0) is 74.0 Å². The number of aliphatic hydroxyl groups is 1. The number of aliphatic hydroxyl groups excluding tert-OH is 1. The summed E-state index contributed by atoms with van der Waals surface area (Å²) in [5, 5.41) is 13.4. The van der Waals surface area contributed by atoms with Gasteiger partial charge in [0.1, 0.15) is 0 Å². The van der Waals surface area contributed by atoms with E-state index in [0.29, 0.717) is 12.0 Å². The van der Waals surface area contributed by atoms with Gasteiger partial charge in [0.15, 0.2) is 0 Å². The fourth-order valence-corrected chi connectivity index (χ4v) is 5.66. The zero-order valence-electron chi connectivity index (χ0n) is 18.2. The normalized spacial score (nSPS) is 23.7. The van der Waals surface area contributed by atoms with Gasteiger partial charge in [0, 0.05) is 24.7 Å². The van der Waals surface area contributed by atoms with Gasteiger partial charge in [-0.2, -0.15) is 0 Å². The molecule has 5 nitrogen and oxygen atoms in total. The summed E-state index contributed by atoms with van der Waals surface area (Å²) in [4.78, 5) is 17.4. The number of nitrogens with zero attached hydrogens (tertiary/aromatic N) is 2. The van der Waals surface area contributed by atoms with Gasteiger partial charge in [-0.15, -0.1) is 0 Å². The first-order chi connectivity index (χ1) is 15.2.